The molecule has 1 saturated carbocycles. The number of H-pyrrole nitrogens is 1. The lowest BCUT2D eigenvalue weighted by molar-refractivity contribution is 0.0469. The summed E-state index contributed by atoms with van der Waals surface area (Å²) < 4.78 is 57.5. The predicted molar refractivity (Wildman–Crippen MR) is 96.7 cm³/mol. The lowest BCUT2D eigenvalue weighted by Crippen LogP contribution is -2.47. The van der Waals surface area contributed by atoms with E-state index >= 15 is 0 Å². The Morgan fingerprint density at radius 3 is 2.93 bits per heavy atom. The Hall–Kier alpha value is -1.98. The molecule has 0 unspecified atom stereocenters. The molecule has 11 heteroatoms. The first-order valence-corrected chi connectivity index (χ1v) is 10.2. The van der Waals surface area contributed by atoms with Crippen LogP contribution in [0.2, 0.25) is 0 Å². The molecular formula is C16H18BF2N3O4S. The fraction of sp³-hybridized carbons (Fsp3) is 0.438. The minimum absolute atomic E-state index is 0.0161. The molecule has 0 bridgehead atoms. The van der Waals surface area contributed by atoms with E-state index in [-0.39, 0.29) is 5.92 Å². The van der Waals surface area contributed by atoms with E-state index in [9.17, 15) is 22.2 Å². The van der Waals surface area contributed by atoms with Crippen molar-refractivity contribution in [3.8, 4) is 5.75 Å². The average molecular weight is 397 g/mol. The van der Waals surface area contributed by atoms with Crippen molar-refractivity contribution in [2.24, 2.45) is 5.92 Å². The normalized spacial score (nSPS) is 22.8. The Morgan fingerprint density at radius 2 is 2.22 bits per heavy atom. The van der Waals surface area contributed by atoms with Crippen LogP contribution in [0.1, 0.15) is 25.3 Å². The van der Waals surface area contributed by atoms with Gasteiger partial charge in [-0.2, -0.15) is 0 Å². The lowest BCUT2D eigenvalue weighted by atomic mass is 9.68. The quantitative estimate of drug-likeness (QED) is 0.667. The van der Waals surface area contributed by atoms with Crippen LogP contribution in [0.5, 0.6) is 5.75 Å². The zero-order chi connectivity index (χ0) is 19.4. The van der Waals surface area contributed by atoms with Crippen molar-refractivity contribution >= 4 is 33.7 Å². The SMILES string of the molecule is CC(F)(F)CS(=O)(=O)NC1CC(C2=CB(O)Oc3cnc4[nH]ccc4c32)C1. The molecule has 1 aliphatic heterocycles. The molecule has 0 spiro atoms. The largest absolute Gasteiger partial charge is 0.552 e. The molecule has 0 aromatic carbocycles. The van der Waals surface area contributed by atoms with Crippen LogP contribution in [0.15, 0.2) is 24.4 Å². The molecule has 0 radical (unpaired) electrons. The number of fused-ring (bicyclic) bond motifs is 3. The number of hydrogen-bond donors (Lipinski definition) is 3. The van der Waals surface area contributed by atoms with Gasteiger partial charge in [-0.3, -0.25) is 0 Å². The summed E-state index contributed by atoms with van der Waals surface area (Å²) in [6.07, 6.45) is 4.21. The van der Waals surface area contributed by atoms with E-state index in [1.807, 2.05) is 6.07 Å². The van der Waals surface area contributed by atoms with E-state index in [2.05, 4.69) is 14.7 Å². The predicted octanol–water partition coefficient (Wildman–Crippen LogP) is 1.71. The lowest BCUT2D eigenvalue weighted by Gasteiger charge is -2.39. The fourth-order valence-corrected chi connectivity index (χ4v) is 5.17. The standard InChI is InChI=1S/C16H18BF2N3O4S/c1-16(18,19)8-27(24,25)22-10-4-9(5-10)12-6-17(23)26-13-7-21-15-11(14(12)13)2-3-20-15/h2-3,6-7,9-10,22-23H,4-5,8H2,1H3,(H,20,21). The summed E-state index contributed by atoms with van der Waals surface area (Å²) in [6.45, 7) is 0.580. The number of alkyl halides is 2. The van der Waals surface area contributed by atoms with Crippen LogP contribution >= 0.6 is 0 Å². The van der Waals surface area contributed by atoms with Gasteiger partial charge >= 0.3 is 7.12 Å². The summed E-state index contributed by atoms with van der Waals surface area (Å²) >= 11 is 0. The van der Waals surface area contributed by atoms with Crippen LogP contribution in [0.3, 0.4) is 0 Å². The number of halogens is 2. The molecule has 4 rings (SSSR count). The summed E-state index contributed by atoms with van der Waals surface area (Å²) in [7, 11) is -5.17. The van der Waals surface area contributed by atoms with Crippen molar-refractivity contribution in [2.75, 3.05) is 5.75 Å². The number of rotatable bonds is 5. The van der Waals surface area contributed by atoms with Gasteiger partial charge in [0, 0.05) is 30.1 Å². The first kappa shape index (κ1) is 18.4. The molecule has 0 atom stereocenters. The van der Waals surface area contributed by atoms with E-state index < -0.39 is 34.9 Å². The highest BCUT2D eigenvalue weighted by Crippen LogP contribution is 2.46. The van der Waals surface area contributed by atoms with Gasteiger partial charge in [-0.05, 0) is 36.4 Å². The summed E-state index contributed by atoms with van der Waals surface area (Å²) in [5.74, 6) is -2.47. The van der Waals surface area contributed by atoms with E-state index in [0.29, 0.717) is 31.2 Å². The van der Waals surface area contributed by atoms with Gasteiger partial charge in [0.15, 0.2) is 0 Å². The second-order valence-corrected chi connectivity index (χ2v) is 8.93. The van der Waals surface area contributed by atoms with Crippen molar-refractivity contribution < 1.29 is 26.9 Å². The molecule has 3 heterocycles. The van der Waals surface area contributed by atoms with Crippen LogP contribution in [0, 0.1) is 5.92 Å². The van der Waals surface area contributed by atoms with Gasteiger partial charge in [0.2, 0.25) is 10.0 Å². The second kappa shape index (κ2) is 6.28. The number of hydrogen-bond acceptors (Lipinski definition) is 5. The maximum absolute atomic E-state index is 13.0. The minimum Gasteiger partial charge on any atom is -0.531 e. The summed E-state index contributed by atoms with van der Waals surface area (Å²) in [5.41, 5.74) is 2.35. The number of aromatic nitrogens is 2. The average Bonchev–Trinajstić information content (AvgIpc) is 2.95. The number of aromatic amines is 1. The van der Waals surface area contributed by atoms with Crippen molar-refractivity contribution in [2.45, 2.75) is 31.7 Å². The maximum Gasteiger partial charge on any atom is 0.552 e. The van der Waals surface area contributed by atoms with Gasteiger partial charge in [0.1, 0.15) is 17.1 Å². The first-order valence-electron chi connectivity index (χ1n) is 8.52. The molecule has 2 aliphatic rings. The van der Waals surface area contributed by atoms with Crippen molar-refractivity contribution in [3.63, 3.8) is 0 Å². The van der Waals surface area contributed by atoms with Gasteiger partial charge in [-0.15, -0.1) is 0 Å². The van der Waals surface area contributed by atoms with E-state index in [4.69, 9.17) is 4.65 Å². The molecular weight excluding hydrogens is 379 g/mol. The van der Waals surface area contributed by atoms with Crippen LogP contribution in [0.25, 0.3) is 16.6 Å². The number of nitrogens with zero attached hydrogens (tertiary/aromatic N) is 1. The molecule has 0 amide bonds. The molecule has 2 aromatic heterocycles. The Balaban J connectivity index is 1.52. The Kier molecular flexibility index (Phi) is 4.28. The highest BCUT2D eigenvalue weighted by Gasteiger charge is 2.40. The Morgan fingerprint density at radius 1 is 1.48 bits per heavy atom. The Bertz CT molecular complexity index is 1010. The zero-order valence-corrected chi connectivity index (χ0v) is 15.3. The van der Waals surface area contributed by atoms with Crippen LogP contribution in [-0.2, 0) is 10.0 Å². The summed E-state index contributed by atoms with van der Waals surface area (Å²) in [6, 6.07) is 1.45. The van der Waals surface area contributed by atoms with Gasteiger partial charge in [0.25, 0.3) is 5.92 Å². The number of pyridine rings is 1. The van der Waals surface area contributed by atoms with E-state index in [0.717, 1.165) is 16.5 Å². The molecule has 1 aliphatic carbocycles. The number of allylic oxidation sites excluding steroid dienone is 1. The van der Waals surface area contributed by atoms with Crippen molar-refractivity contribution in [3.05, 3.63) is 30.0 Å². The third kappa shape index (κ3) is 3.71. The van der Waals surface area contributed by atoms with Crippen LogP contribution in [0.4, 0.5) is 8.78 Å². The molecule has 3 N–H and O–H groups in total. The van der Waals surface area contributed by atoms with Gasteiger partial charge < -0.3 is 14.7 Å². The maximum atomic E-state index is 13.0. The molecule has 7 nitrogen and oxygen atoms in total. The topological polar surface area (TPSA) is 104 Å². The van der Waals surface area contributed by atoms with Gasteiger partial charge in [-0.25, -0.2) is 26.9 Å². The smallest absolute Gasteiger partial charge is 0.531 e. The Labute approximate surface area is 155 Å². The molecule has 144 valence electrons. The highest BCUT2D eigenvalue weighted by molar-refractivity contribution is 7.89. The third-order valence-corrected chi connectivity index (χ3v) is 6.36. The van der Waals surface area contributed by atoms with E-state index in [1.165, 1.54) is 6.20 Å². The first-order chi connectivity index (χ1) is 12.6. The fourth-order valence-electron chi connectivity index (χ4n) is 3.72. The number of sulfonamides is 1. The minimum atomic E-state index is -4.06. The summed E-state index contributed by atoms with van der Waals surface area (Å²) in [4.78, 5) is 7.26. The monoisotopic (exact) mass is 397 g/mol. The van der Waals surface area contributed by atoms with Crippen LogP contribution < -0.4 is 9.38 Å². The van der Waals surface area contributed by atoms with Gasteiger partial charge in [0.05, 0.1) is 6.20 Å². The number of nitrogens with one attached hydrogen (secondary N) is 2. The molecule has 2 aromatic rings. The van der Waals surface area contributed by atoms with E-state index in [1.54, 1.807) is 12.2 Å². The van der Waals surface area contributed by atoms with Gasteiger partial charge in [-0.1, -0.05) is 0 Å². The molecule has 1 fully saturated rings. The zero-order valence-electron chi connectivity index (χ0n) is 14.4. The van der Waals surface area contributed by atoms with Crippen molar-refractivity contribution in [1.29, 1.82) is 0 Å². The highest BCUT2D eigenvalue weighted by atomic mass is 32.2. The van der Waals surface area contributed by atoms with Crippen LogP contribution in [-0.4, -0.2) is 48.2 Å². The molecule has 0 saturated heterocycles. The summed E-state index contributed by atoms with van der Waals surface area (Å²) in [5, 5.41) is 10.8. The second-order valence-electron chi connectivity index (χ2n) is 7.18. The third-order valence-electron chi connectivity index (χ3n) is 4.78. The molecule has 27 heavy (non-hydrogen) atoms. The van der Waals surface area contributed by atoms with Crippen molar-refractivity contribution in [1.82, 2.24) is 14.7 Å².